The van der Waals surface area contributed by atoms with Crippen LogP contribution in [0.15, 0.2) is 12.4 Å². The van der Waals surface area contributed by atoms with Gasteiger partial charge in [0, 0.05) is 31.0 Å². The van der Waals surface area contributed by atoms with E-state index in [0.29, 0.717) is 6.04 Å². The van der Waals surface area contributed by atoms with Gasteiger partial charge in [0.15, 0.2) is 0 Å². The molecule has 1 saturated heterocycles. The lowest BCUT2D eigenvalue weighted by molar-refractivity contribution is 0.240. The summed E-state index contributed by atoms with van der Waals surface area (Å²) in [6.45, 7) is 2.13. The van der Waals surface area contributed by atoms with Crippen molar-refractivity contribution in [3.05, 3.63) is 35.2 Å². The molecule has 0 saturated carbocycles. The molecule has 1 aliphatic heterocycles. The van der Waals surface area contributed by atoms with E-state index in [1.54, 1.807) is 0 Å². The lowest BCUT2D eigenvalue weighted by atomic mass is 10.0. The molecule has 0 bridgehead atoms. The second-order valence-electron chi connectivity index (χ2n) is 6.41. The van der Waals surface area contributed by atoms with Gasteiger partial charge in [0.05, 0.1) is 17.9 Å². The molecule has 1 atom stereocenters. The van der Waals surface area contributed by atoms with E-state index in [1.165, 1.54) is 54.9 Å². The van der Waals surface area contributed by atoms with E-state index in [-0.39, 0.29) is 0 Å². The predicted octanol–water partition coefficient (Wildman–Crippen LogP) is 2.36. The summed E-state index contributed by atoms with van der Waals surface area (Å²) in [6, 6.07) is 0.454. The van der Waals surface area contributed by atoms with Crippen LogP contribution in [0.2, 0.25) is 0 Å². The molecule has 1 fully saturated rings. The number of hydrogen-bond donors (Lipinski definition) is 1. The van der Waals surface area contributed by atoms with E-state index >= 15 is 0 Å². The molecular formula is C16H23N5. The summed E-state index contributed by atoms with van der Waals surface area (Å²) in [4.78, 5) is 11.1. The molecule has 0 spiro atoms. The number of fused-ring (bicyclic) bond motifs is 1. The van der Waals surface area contributed by atoms with Crippen molar-refractivity contribution in [2.45, 2.75) is 51.1 Å². The Hall–Kier alpha value is -1.62. The first kappa shape index (κ1) is 13.1. The fourth-order valence-corrected chi connectivity index (χ4v) is 3.75. The van der Waals surface area contributed by atoms with Gasteiger partial charge >= 0.3 is 0 Å². The molecular weight excluding hydrogens is 262 g/mol. The van der Waals surface area contributed by atoms with Gasteiger partial charge in [-0.15, -0.1) is 0 Å². The first-order valence-corrected chi connectivity index (χ1v) is 8.09. The Labute approximate surface area is 125 Å². The number of likely N-dealkylation sites (tertiary alicyclic amines) is 1. The molecule has 5 nitrogen and oxygen atoms in total. The van der Waals surface area contributed by atoms with Gasteiger partial charge < -0.3 is 4.98 Å². The van der Waals surface area contributed by atoms with Crippen molar-refractivity contribution < 1.29 is 0 Å². The van der Waals surface area contributed by atoms with Crippen LogP contribution >= 0.6 is 0 Å². The molecule has 0 aromatic carbocycles. The highest BCUT2D eigenvalue weighted by atomic mass is 15.3. The Morgan fingerprint density at radius 1 is 1.29 bits per heavy atom. The van der Waals surface area contributed by atoms with Crippen molar-refractivity contribution in [1.29, 1.82) is 0 Å². The highest BCUT2D eigenvalue weighted by Crippen LogP contribution is 2.33. The molecule has 1 N–H and O–H groups in total. The normalized spacial score (nSPS) is 22.6. The van der Waals surface area contributed by atoms with Crippen molar-refractivity contribution in [2.75, 3.05) is 6.54 Å². The standard InChI is InChI=1S/C16H23N5/c1-20-10-12(9-17-20)11-21-8-4-7-15(21)16-18-13-5-2-3-6-14(13)19-16/h9-10,15H,2-8,11H2,1H3,(H,18,19)/t15-/m1/s1. The Balaban J connectivity index is 1.54. The molecule has 4 rings (SSSR count). The summed E-state index contributed by atoms with van der Waals surface area (Å²) in [5, 5.41) is 4.28. The van der Waals surface area contributed by atoms with Crippen LogP contribution in [0.1, 0.15) is 54.5 Å². The first-order valence-electron chi connectivity index (χ1n) is 8.09. The van der Waals surface area contributed by atoms with E-state index in [9.17, 15) is 0 Å². The minimum Gasteiger partial charge on any atom is -0.344 e. The van der Waals surface area contributed by atoms with Gasteiger partial charge in [-0.05, 0) is 45.1 Å². The highest BCUT2D eigenvalue weighted by Gasteiger charge is 2.29. The highest BCUT2D eigenvalue weighted by molar-refractivity contribution is 5.20. The Bertz CT molecular complexity index is 603. The number of aromatic nitrogens is 4. The zero-order valence-corrected chi connectivity index (χ0v) is 12.7. The van der Waals surface area contributed by atoms with E-state index in [2.05, 4.69) is 21.2 Å². The molecule has 0 amide bonds. The van der Waals surface area contributed by atoms with Crippen LogP contribution < -0.4 is 0 Å². The van der Waals surface area contributed by atoms with Gasteiger partial charge in [-0.2, -0.15) is 5.10 Å². The lowest BCUT2D eigenvalue weighted by Gasteiger charge is -2.22. The topological polar surface area (TPSA) is 49.7 Å². The third kappa shape index (κ3) is 2.50. The quantitative estimate of drug-likeness (QED) is 0.942. The average Bonchev–Trinajstić information content (AvgIpc) is 3.18. The molecule has 0 radical (unpaired) electrons. The van der Waals surface area contributed by atoms with Crippen LogP contribution in [0.25, 0.3) is 0 Å². The van der Waals surface area contributed by atoms with Gasteiger partial charge in [-0.25, -0.2) is 4.98 Å². The third-order valence-corrected chi connectivity index (χ3v) is 4.80. The Morgan fingerprint density at radius 2 is 2.19 bits per heavy atom. The van der Waals surface area contributed by atoms with Crippen LogP contribution in [0, 0.1) is 0 Å². The summed E-state index contributed by atoms with van der Waals surface area (Å²) in [7, 11) is 1.98. The van der Waals surface area contributed by atoms with Crippen LogP contribution in [0.5, 0.6) is 0 Å². The van der Waals surface area contributed by atoms with Crippen LogP contribution in [-0.2, 0) is 26.4 Å². The number of rotatable bonds is 3. The first-order chi connectivity index (χ1) is 10.3. The molecule has 2 aromatic heterocycles. The molecule has 112 valence electrons. The summed E-state index contributed by atoms with van der Waals surface area (Å²) in [5.74, 6) is 1.20. The van der Waals surface area contributed by atoms with E-state index < -0.39 is 0 Å². The number of nitrogens with zero attached hydrogens (tertiary/aromatic N) is 4. The summed E-state index contributed by atoms with van der Waals surface area (Å²) in [5.41, 5.74) is 4.01. The number of aromatic amines is 1. The van der Waals surface area contributed by atoms with Crippen LogP contribution in [-0.4, -0.2) is 31.2 Å². The summed E-state index contributed by atoms with van der Waals surface area (Å²) in [6.07, 6.45) is 11.5. The molecule has 2 aliphatic rings. The SMILES string of the molecule is Cn1cc(CN2CCC[C@@H]2c2nc3c([nH]2)CCCC3)cn1. The van der Waals surface area contributed by atoms with Crippen LogP contribution in [0.4, 0.5) is 0 Å². The van der Waals surface area contributed by atoms with Gasteiger partial charge in [-0.1, -0.05) is 0 Å². The fraction of sp³-hybridized carbons (Fsp3) is 0.625. The van der Waals surface area contributed by atoms with Crippen molar-refractivity contribution >= 4 is 0 Å². The molecule has 0 unspecified atom stereocenters. The molecule has 5 heteroatoms. The van der Waals surface area contributed by atoms with Gasteiger partial charge in [0.1, 0.15) is 5.82 Å². The van der Waals surface area contributed by atoms with Gasteiger partial charge in [-0.3, -0.25) is 9.58 Å². The maximum Gasteiger partial charge on any atom is 0.124 e. The monoisotopic (exact) mass is 285 g/mol. The molecule has 2 aromatic rings. The molecule has 3 heterocycles. The summed E-state index contributed by atoms with van der Waals surface area (Å²) >= 11 is 0. The Kier molecular flexibility index (Phi) is 3.30. The number of H-pyrrole nitrogens is 1. The second-order valence-corrected chi connectivity index (χ2v) is 6.41. The van der Waals surface area contributed by atoms with Gasteiger partial charge in [0.2, 0.25) is 0 Å². The number of aryl methyl sites for hydroxylation is 3. The average molecular weight is 285 g/mol. The maximum absolute atomic E-state index is 4.91. The zero-order chi connectivity index (χ0) is 14.2. The number of nitrogens with one attached hydrogen (secondary N) is 1. The van der Waals surface area contributed by atoms with Crippen LogP contribution in [0.3, 0.4) is 0 Å². The van der Waals surface area contributed by atoms with Crippen molar-refractivity contribution in [3.8, 4) is 0 Å². The fourth-order valence-electron chi connectivity index (χ4n) is 3.75. The minimum absolute atomic E-state index is 0.454. The number of imidazole rings is 1. The smallest absolute Gasteiger partial charge is 0.124 e. The largest absolute Gasteiger partial charge is 0.344 e. The number of hydrogen-bond acceptors (Lipinski definition) is 3. The Morgan fingerprint density at radius 3 is 3.00 bits per heavy atom. The van der Waals surface area contributed by atoms with E-state index in [0.717, 1.165) is 19.5 Å². The zero-order valence-electron chi connectivity index (χ0n) is 12.7. The lowest BCUT2D eigenvalue weighted by Crippen LogP contribution is -2.23. The van der Waals surface area contributed by atoms with Crippen molar-refractivity contribution in [1.82, 2.24) is 24.6 Å². The maximum atomic E-state index is 4.91. The minimum atomic E-state index is 0.454. The second kappa shape index (κ2) is 5.30. The molecule has 1 aliphatic carbocycles. The van der Waals surface area contributed by atoms with Crippen molar-refractivity contribution in [2.24, 2.45) is 7.05 Å². The van der Waals surface area contributed by atoms with Gasteiger partial charge in [0.25, 0.3) is 0 Å². The van der Waals surface area contributed by atoms with E-state index in [4.69, 9.17) is 4.98 Å². The summed E-state index contributed by atoms with van der Waals surface area (Å²) < 4.78 is 1.88. The van der Waals surface area contributed by atoms with E-state index in [1.807, 2.05) is 17.9 Å². The predicted molar refractivity (Wildman–Crippen MR) is 80.8 cm³/mol. The third-order valence-electron chi connectivity index (χ3n) is 4.80. The van der Waals surface area contributed by atoms with Crippen molar-refractivity contribution in [3.63, 3.8) is 0 Å². The molecule has 21 heavy (non-hydrogen) atoms.